The molecule has 0 heterocycles. The summed E-state index contributed by atoms with van der Waals surface area (Å²) in [5, 5.41) is 0. The summed E-state index contributed by atoms with van der Waals surface area (Å²) in [5.74, 6) is 1.78. The zero-order valence-corrected chi connectivity index (χ0v) is 50.2. The molecule has 0 amide bonds. The average molecular weight is 1440 g/mol. The molecule has 6 nitrogen and oxygen atoms in total. The van der Waals surface area contributed by atoms with Gasteiger partial charge in [-0.2, -0.15) is 127 Å². The summed E-state index contributed by atoms with van der Waals surface area (Å²) in [6, 6.07) is 18.5. The third-order valence-electron chi connectivity index (χ3n) is 13.7. The van der Waals surface area contributed by atoms with E-state index in [2.05, 4.69) is 54.6 Å². The van der Waals surface area contributed by atoms with Crippen LogP contribution in [-0.4, -0.2) is 86.1 Å². The number of benzene rings is 7. The number of halogens is 24. The van der Waals surface area contributed by atoms with E-state index in [4.69, 9.17) is 28.4 Å². The van der Waals surface area contributed by atoms with Crippen molar-refractivity contribution in [2.75, 3.05) is 66.1 Å². The Kier molecular flexibility index (Phi) is 24.8. The third kappa shape index (κ3) is 20.0. The van der Waals surface area contributed by atoms with E-state index in [-0.39, 0.29) is 0 Å². The molecule has 512 valence electrons. The van der Waals surface area contributed by atoms with Crippen LogP contribution in [0.3, 0.4) is 0 Å². The van der Waals surface area contributed by atoms with Gasteiger partial charge in [0.05, 0.1) is 44.5 Å². The smallest absolute Gasteiger partial charge is 0.194 e. The number of ether oxygens (including phenoxy) is 6. The van der Waals surface area contributed by atoms with Crippen molar-refractivity contribution in [1.82, 2.24) is 0 Å². The Morgan fingerprint density at radius 3 is 0.745 bits per heavy atom. The molecule has 32 heteroatoms. The van der Waals surface area contributed by atoms with Gasteiger partial charge in [0.2, 0.25) is 0 Å². The first kappa shape index (κ1) is 75.9. The molecule has 0 atom stereocenters. The molecule has 0 unspecified atom stereocenters. The largest absolute Gasteiger partial charge is 0.416 e. The molecule has 0 aliphatic carbocycles. The normalized spacial score (nSPS) is 13.1. The maximum Gasteiger partial charge on any atom is 0.416 e. The number of hydrogen-bond acceptors (Lipinski definition) is 6. The van der Waals surface area contributed by atoms with Gasteiger partial charge >= 0.3 is 275 Å². The maximum absolute atomic E-state index is 14.2. The van der Waals surface area contributed by atoms with Gasteiger partial charge in [0.15, 0.2) is 0 Å². The molecule has 7 aromatic rings. The number of para-hydroxylation sites is 2. The fourth-order valence-electron chi connectivity index (χ4n) is 9.63. The fraction of sp³-hybridized carbons (Fsp3) is 0.323. The molecule has 0 bridgehead atoms. The average Bonchev–Trinajstić information content (AvgIpc) is 0.709. The fourth-order valence-corrected chi connectivity index (χ4v) is 14.4. The van der Waals surface area contributed by atoms with Crippen LogP contribution in [0.2, 0.25) is 0 Å². The van der Waals surface area contributed by atoms with Gasteiger partial charge in [-0.1, -0.05) is 48.5 Å². The molecular weight excluding hydrogens is 1390 g/mol. The number of alkyl halides is 24. The molecule has 7 aromatic carbocycles. The summed E-state index contributed by atoms with van der Waals surface area (Å²) in [6.07, 6.45) is -54.8. The quantitative estimate of drug-likeness (QED) is 0.0361. The molecule has 94 heavy (non-hydrogen) atoms. The summed E-state index contributed by atoms with van der Waals surface area (Å²) < 4.78 is 379. The van der Waals surface area contributed by atoms with Gasteiger partial charge in [-0.05, 0) is 24.3 Å². The predicted octanol–water partition coefficient (Wildman–Crippen LogP) is 14.3. The first-order valence-electron chi connectivity index (χ1n) is 27.5. The van der Waals surface area contributed by atoms with Crippen LogP contribution in [0.1, 0.15) is 58.4 Å². The zero-order chi connectivity index (χ0) is 69.9. The minimum absolute atomic E-state index is 0.480. The monoisotopic (exact) mass is 1440 g/mol. The van der Waals surface area contributed by atoms with Crippen LogP contribution in [0.15, 0.2) is 152 Å². The van der Waals surface area contributed by atoms with Crippen LogP contribution in [0.25, 0.3) is 0 Å². The summed E-state index contributed by atoms with van der Waals surface area (Å²) in [7, 11) is 0. The van der Waals surface area contributed by atoms with E-state index in [0.717, 1.165) is 11.5 Å². The van der Waals surface area contributed by atoms with Gasteiger partial charge in [0.1, 0.15) is 6.15 Å². The molecule has 0 aromatic heterocycles. The van der Waals surface area contributed by atoms with Crippen LogP contribution in [0, 0.1) is 0 Å². The molecule has 0 saturated heterocycles. The third-order valence-corrected chi connectivity index (χ3v) is 18.5. The molecule has 0 aliphatic heterocycles. The maximum atomic E-state index is 14.2. The van der Waals surface area contributed by atoms with Gasteiger partial charge in [-0.3, -0.25) is 0 Å². The standard InChI is InChI=1S/C32H12BF24.C30H39O6Se/c34-25(35,36)13-1-14(26(37,38)39)6-21(5-13)33(22-7-15(27(40,41)42)2-16(8-22)28(43,44)45,23-9-17(29(46,47)48)3-18(10-23)30(49,50)51)24-11-19(31(52,53)54)4-20(12-24)32(55,56)57;1-3-31-18-20-33-22-24-35-27-14-8-10-16-29(27)37(26-12-6-5-7-13-26)30-17-11-9-15-28(30)36-25-23-34-21-19-32-4-2/h1-12H;5-17H,3-4,18-25H2,1-2H3/q-1;+1. The van der Waals surface area contributed by atoms with E-state index < -0.39 is 209 Å². The topological polar surface area (TPSA) is 55.4 Å². The predicted molar refractivity (Wildman–Crippen MR) is 300 cm³/mol. The second-order valence-electron chi connectivity index (χ2n) is 20.1. The van der Waals surface area contributed by atoms with E-state index in [9.17, 15) is 105 Å². The Morgan fingerprint density at radius 1 is 0.277 bits per heavy atom. The molecule has 7 rings (SSSR count). The summed E-state index contributed by atoms with van der Waals surface area (Å²) in [5.41, 5.74) is -30.2. The Morgan fingerprint density at radius 2 is 0.500 bits per heavy atom. The SMILES string of the molecule is CCOCCOCCOc1ccccc1[Se+](c1ccccc1)c1ccccc1OCCOCCOCC.FC(F)(F)c1cc([B-](c2cc(C(F)(F)F)cc(C(F)(F)F)c2)(c2cc(C(F)(F)F)cc(C(F)(F)F)c2)c2cc(C(F)(F)F)cc(C(F)(F)F)c2)cc(C(F)(F)F)c1. The Labute approximate surface area is 524 Å². The van der Waals surface area contributed by atoms with Crippen molar-refractivity contribution in [2.45, 2.75) is 63.3 Å². The zero-order valence-electron chi connectivity index (χ0n) is 48.5. The number of hydrogen-bond donors (Lipinski definition) is 0. The van der Waals surface area contributed by atoms with Gasteiger partial charge in [-0.25, -0.2) is 0 Å². The van der Waals surface area contributed by atoms with Gasteiger partial charge in [-0.15, -0.1) is 0 Å². The molecule has 0 N–H and O–H groups in total. The van der Waals surface area contributed by atoms with Crippen molar-refractivity contribution in [2.24, 2.45) is 0 Å². The van der Waals surface area contributed by atoms with E-state index in [1.165, 1.54) is 13.4 Å². The Balaban J connectivity index is 0.000000326. The summed E-state index contributed by atoms with van der Waals surface area (Å²) in [4.78, 5) is 0. The van der Waals surface area contributed by atoms with Crippen LogP contribution >= 0.6 is 0 Å². The molecular formula is C62H51BF24O6Se. The second kappa shape index (κ2) is 30.7. The van der Waals surface area contributed by atoms with E-state index in [0.29, 0.717) is 66.1 Å². The van der Waals surface area contributed by atoms with Crippen molar-refractivity contribution in [3.05, 3.63) is 196 Å². The van der Waals surface area contributed by atoms with Gasteiger partial charge in [0, 0.05) is 0 Å². The van der Waals surface area contributed by atoms with Crippen molar-refractivity contribution < 1.29 is 134 Å². The molecule has 0 fully saturated rings. The summed E-state index contributed by atoms with van der Waals surface area (Å²) in [6.45, 7) is 9.69. The van der Waals surface area contributed by atoms with Gasteiger partial charge in [0.25, 0.3) is 0 Å². The first-order chi connectivity index (χ1) is 43.6. The van der Waals surface area contributed by atoms with Crippen LogP contribution in [-0.2, 0) is 68.4 Å². The minimum Gasteiger partial charge on any atom is -0.194 e. The van der Waals surface area contributed by atoms with Crippen LogP contribution in [0.5, 0.6) is 11.5 Å². The molecule has 0 spiro atoms. The summed E-state index contributed by atoms with van der Waals surface area (Å²) >= 11 is -1.72. The van der Waals surface area contributed by atoms with Crippen LogP contribution < -0.4 is 44.7 Å². The van der Waals surface area contributed by atoms with Crippen molar-refractivity contribution in [1.29, 1.82) is 0 Å². The van der Waals surface area contributed by atoms with Crippen molar-refractivity contribution in [3.8, 4) is 11.5 Å². The Hall–Kier alpha value is -7.12. The molecule has 0 aliphatic rings. The van der Waals surface area contributed by atoms with Crippen molar-refractivity contribution in [3.63, 3.8) is 0 Å². The van der Waals surface area contributed by atoms with E-state index in [1.807, 2.05) is 38.1 Å². The van der Waals surface area contributed by atoms with Crippen molar-refractivity contribution >= 4 is 55.3 Å². The van der Waals surface area contributed by atoms with E-state index >= 15 is 0 Å². The van der Waals surface area contributed by atoms with Gasteiger partial charge < -0.3 is 0 Å². The van der Waals surface area contributed by atoms with E-state index in [1.54, 1.807) is 0 Å². The molecule has 0 radical (unpaired) electrons. The number of rotatable bonds is 23. The first-order valence-corrected chi connectivity index (χ1v) is 30.1. The minimum atomic E-state index is -6.13. The second-order valence-corrected chi connectivity index (χ2v) is 24.2. The Bertz CT molecular complexity index is 3100. The van der Waals surface area contributed by atoms with Crippen LogP contribution in [0.4, 0.5) is 105 Å². The molecule has 0 saturated carbocycles.